The summed E-state index contributed by atoms with van der Waals surface area (Å²) in [5.41, 5.74) is 0.966. The van der Waals surface area contributed by atoms with E-state index in [0.29, 0.717) is 44.4 Å². The molecule has 1 aromatic heterocycles. The number of hydrogen-bond acceptors (Lipinski definition) is 7. The van der Waals surface area contributed by atoms with Gasteiger partial charge in [0.05, 0.1) is 26.4 Å². The van der Waals surface area contributed by atoms with E-state index in [1.807, 2.05) is 0 Å². The fraction of sp³-hybridized carbons (Fsp3) is 0.182. The minimum atomic E-state index is -0.587. The number of carbonyl (C=O) groups is 1. The molecule has 0 saturated carbocycles. The molecule has 0 aliphatic rings. The summed E-state index contributed by atoms with van der Waals surface area (Å²) in [7, 11) is 4.50. The normalized spacial score (nSPS) is 10.9. The van der Waals surface area contributed by atoms with Gasteiger partial charge >= 0.3 is 11.6 Å². The maximum Gasteiger partial charge on any atom is 0.336 e. The van der Waals surface area contributed by atoms with Crippen LogP contribution in [0.3, 0.4) is 0 Å². The molecule has 0 unspecified atom stereocenters. The van der Waals surface area contributed by atoms with Crippen molar-refractivity contribution in [2.24, 2.45) is 0 Å². The minimum Gasteiger partial charge on any atom is -0.497 e. The van der Waals surface area contributed by atoms with E-state index in [1.165, 1.54) is 33.5 Å². The zero-order valence-corrected chi connectivity index (χ0v) is 17.3. The first-order valence-electron chi connectivity index (χ1n) is 8.82. The molecule has 2 aromatic carbocycles. The summed E-state index contributed by atoms with van der Waals surface area (Å²) in [4.78, 5) is 24.0. The molecule has 156 valence electrons. The lowest BCUT2D eigenvalue weighted by molar-refractivity contribution is -0.138. The van der Waals surface area contributed by atoms with E-state index in [1.54, 1.807) is 36.4 Å². The molecule has 0 saturated heterocycles. The molecular formula is C22H19ClO7. The molecule has 0 bridgehead atoms. The molecule has 3 rings (SSSR count). The highest BCUT2D eigenvalue weighted by molar-refractivity contribution is 6.32. The van der Waals surface area contributed by atoms with Crippen molar-refractivity contribution >= 4 is 34.6 Å². The van der Waals surface area contributed by atoms with Crippen LogP contribution < -0.4 is 19.8 Å². The van der Waals surface area contributed by atoms with Gasteiger partial charge in [-0.1, -0.05) is 11.6 Å². The van der Waals surface area contributed by atoms with E-state index in [4.69, 9.17) is 35.0 Å². The molecule has 0 aliphatic heterocycles. The van der Waals surface area contributed by atoms with Gasteiger partial charge in [-0.2, -0.15) is 0 Å². The Morgan fingerprint density at radius 3 is 2.57 bits per heavy atom. The Hall–Kier alpha value is -3.45. The van der Waals surface area contributed by atoms with E-state index in [0.717, 1.165) is 0 Å². The monoisotopic (exact) mass is 430 g/mol. The Morgan fingerprint density at radius 1 is 1.07 bits per heavy atom. The molecule has 0 N–H and O–H groups in total. The highest BCUT2D eigenvalue weighted by atomic mass is 35.5. The zero-order chi connectivity index (χ0) is 21.7. The van der Waals surface area contributed by atoms with Gasteiger partial charge < -0.3 is 23.4 Å². The summed E-state index contributed by atoms with van der Waals surface area (Å²) < 4.78 is 26.0. The lowest BCUT2D eigenvalue weighted by Gasteiger charge is -2.10. The summed E-state index contributed by atoms with van der Waals surface area (Å²) in [6, 6.07) is 9.67. The van der Waals surface area contributed by atoms with Gasteiger partial charge in [-0.3, -0.25) is 0 Å². The lowest BCUT2D eigenvalue weighted by atomic mass is 10.1. The average Bonchev–Trinajstić information content (AvgIpc) is 2.74. The van der Waals surface area contributed by atoms with E-state index in [-0.39, 0.29) is 6.61 Å². The van der Waals surface area contributed by atoms with E-state index < -0.39 is 11.6 Å². The van der Waals surface area contributed by atoms with Gasteiger partial charge in [0.2, 0.25) is 0 Å². The Morgan fingerprint density at radius 2 is 1.87 bits per heavy atom. The third kappa shape index (κ3) is 4.75. The predicted molar refractivity (Wildman–Crippen MR) is 112 cm³/mol. The average molecular weight is 431 g/mol. The predicted octanol–water partition coefficient (Wildman–Crippen LogP) is 4.23. The number of halogens is 1. The second-order valence-corrected chi connectivity index (χ2v) is 6.54. The van der Waals surface area contributed by atoms with Gasteiger partial charge in [0.1, 0.15) is 17.9 Å². The summed E-state index contributed by atoms with van der Waals surface area (Å²) >= 11 is 6.16. The maximum atomic E-state index is 12.2. The quantitative estimate of drug-likeness (QED) is 0.315. The summed E-state index contributed by atoms with van der Waals surface area (Å²) in [5, 5.41) is 1.00. The second kappa shape index (κ2) is 9.37. The number of methoxy groups -OCH3 is 3. The summed E-state index contributed by atoms with van der Waals surface area (Å²) in [6.45, 7) is -0.0930. The second-order valence-electron chi connectivity index (χ2n) is 6.13. The molecule has 30 heavy (non-hydrogen) atoms. The number of benzene rings is 2. The molecule has 8 heteroatoms. The van der Waals surface area contributed by atoms with Gasteiger partial charge in [0, 0.05) is 29.2 Å². The number of fused-ring (bicyclic) bond motifs is 1. The van der Waals surface area contributed by atoms with Gasteiger partial charge in [0.25, 0.3) is 0 Å². The molecule has 0 radical (unpaired) electrons. The molecule has 7 nitrogen and oxygen atoms in total. The number of hydrogen-bond donors (Lipinski definition) is 0. The summed E-state index contributed by atoms with van der Waals surface area (Å²) in [5.74, 6) is 0.813. The van der Waals surface area contributed by atoms with E-state index in [2.05, 4.69) is 0 Å². The van der Waals surface area contributed by atoms with Crippen molar-refractivity contribution in [1.29, 1.82) is 0 Å². The van der Waals surface area contributed by atoms with Crippen molar-refractivity contribution < 1.29 is 28.2 Å². The van der Waals surface area contributed by atoms with Crippen molar-refractivity contribution in [1.82, 2.24) is 0 Å². The Balaban J connectivity index is 1.75. The fourth-order valence-electron chi connectivity index (χ4n) is 2.85. The molecule has 0 fully saturated rings. The van der Waals surface area contributed by atoms with Crippen LogP contribution in [0.25, 0.3) is 17.0 Å². The molecule has 0 spiro atoms. The Labute approximate surface area is 177 Å². The van der Waals surface area contributed by atoms with Crippen LogP contribution in [-0.2, 0) is 16.1 Å². The number of rotatable bonds is 7. The number of esters is 1. The fourth-order valence-corrected chi connectivity index (χ4v) is 3.15. The third-order valence-corrected chi connectivity index (χ3v) is 4.56. The first kappa shape index (κ1) is 21.3. The molecule has 3 aromatic rings. The molecule has 0 aliphatic carbocycles. The molecule has 0 amide bonds. The lowest BCUT2D eigenvalue weighted by Crippen LogP contribution is -2.05. The van der Waals surface area contributed by atoms with Crippen molar-refractivity contribution in [3.63, 3.8) is 0 Å². The largest absolute Gasteiger partial charge is 0.497 e. The van der Waals surface area contributed by atoms with Crippen LogP contribution in [0.5, 0.6) is 17.2 Å². The minimum absolute atomic E-state index is 0.0930. The van der Waals surface area contributed by atoms with Crippen LogP contribution >= 0.6 is 11.6 Å². The number of ether oxygens (including phenoxy) is 4. The van der Waals surface area contributed by atoms with Crippen molar-refractivity contribution in [3.8, 4) is 17.2 Å². The highest BCUT2D eigenvalue weighted by Crippen LogP contribution is 2.36. The van der Waals surface area contributed by atoms with Crippen LogP contribution in [0.2, 0.25) is 5.02 Å². The smallest absolute Gasteiger partial charge is 0.336 e. The Bertz CT molecular complexity index is 1160. The van der Waals surface area contributed by atoms with Crippen LogP contribution in [0, 0.1) is 0 Å². The van der Waals surface area contributed by atoms with Crippen molar-refractivity contribution in [3.05, 3.63) is 69.0 Å². The van der Waals surface area contributed by atoms with Gasteiger partial charge in [-0.15, -0.1) is 0 Å². The first-order chi connectivity index (χ1) is 14.4. The van der Waals surface area contributed by atoms with Gasteiger partial charge in [0.15, 0.2) is 11.5 Å². The molecular weight excluding hydrogens is 412 g/mol. The van der Waals surface area contributed by atoms with Crippen LogP contribution in [-0.4, -0.2) is 27.3 Å². The van der Waals surface area contributed by atoms with Gasteiger partial charge in [-0.05, 0) is 35.9 Å². The van der Waals surface area contributed by atoms with Crippen LogP contribution in [0.1, 0.15) is 11.1 Å². The Kier molecular flexibility index (Phi) is 6.64. The SMILES string of the molecule is COc1ccc2c(COC(=O)C=Cc3cc(Cl)c(OC)c(OC)c3)cc(=O)oc2c1. The van der Waals surface area contributed by atoms with E-state index >= 15 is 0 Å². The van der Waals surface area contributed by atoms with E-state index in [9.17, 15) is 9.59 Å². The van der Waals surface area contributed by atoms with Crippen molar-refractivity contribution in [2.45, 2.75) is 6.61 Å². The third-order valence-electron chi connectivity index (χ3n) is 4.28. The van der Waals surface area contributed by atoms with Crippen LogP contribution in [0.4, 0.5) is 0 Å². The zero-order valence-electron chi connectivity index (χ0n) is 16.6. The maximum absolute atomic E-state index is 12.2. The molecule has 1 heterocycles. The topological polar surface area (TPSA) is 84.2 Å². The standard InChI is InChI=1S/C22H19ClO7/c1-26-15-5-6-16-14(10-21(25)30-18(16)11-15)12-29-20(24)7-4-13-8-17(23)22(28-3)19(9-13)27-2/h4-11H,12H2,1-3H3. The van der Waals surface area contributed by atoms with Crippen LogP contribution in [0.15, 0.2) is 51.7 Å². The summed E-state index contributed by atoms with van der Waals surface area (Å²) in [6.07, 6.45) is 2.80. The molecule has 0 atom stereocenters. The highest BCUT2D eigenvalue weighted by Gasteiger charge is 2.11. The first-order valence-corrected chi connectivity index (χ1v) is 9.20. The number of carbonyl (C=O) groups excluding carboxylic acids is 1. The van der Waals surface area contributed by atoms with Crippen molar-refractivity contribution in [2.75, 3.05) is 21.3 Å². The van der Waals surface area contributed by atoms with Gasteiger partial charge in [-0.25, -0.2) is 9.59 Å².